The Kier molecular flexibility index (Phi) is 12.8. The summed E-state index contributed by atoms with van der Waals surface area (Å²) in [4.78, 5) is 78.6. The Hall–Kier alpha value is -9.51. The van der Waals surface area contributed by atoms with E-state index in [-0.39, 0.29) is 93.5 Å². The number of carboxylic acids is 3. The standard InChI is InChI=1S/C53H40N4O13.CH4/c1-56(2)28-7-13-34-43(21-28)69-44-22-29(57(3)4)8-14-35(44)46(34)32-11-5-26(19-38(32)52(64)65)49(60)54-24-31-10-18-42(68-31)50(61)55-25-40-41(59)17-16-37-47(36-15-9-30(58)23-45(36)70-48(37)40)33-12-6-27(51(62)63)20-39(33)53(66)67;/h5-23H,24-25H2,1-4H3,(H5-,54,55,58,59,60,61,62,63,64,65,66,67);1H4/p+1. The number of nitrogens with zero attached hydrogens (tertiary/aromatic N) is 2. The largest absolute Gasteiger partial charge is 0.507 e. The minimum atomic E-state index is -1.41. The summed E-state index contributed by atoms with van der Waals surface area (Å²) in [5.41, 5.74) is 2.81. The SMILES string of the molecule is C.CN(C)c1ccc2c(-c3ccc(C(=O)NCc4ccc(C(=O)NCc5c(O)ccc6c(-c7ccc(C(=O)O)cc7C(=O)O)c7ccc(=O)cc-7oc56)o4)cc3C(=O)O)c3ccc(=[N+](C)C)cc-3oc2c1. The monoisotopic (exact) mass is 957 g/mol. The molecule has 4 aromatic carbocycles. The number of furan rings is 1. The third-order valence-corrected chi connectivity index (χ3v) is 11.9. The molecule has 0 bridgehead atoms. The summed E-state index contributed by atoms with van der Waals surface area (Å²) in [6.45, 7) is -0.524. The minimum absolute atomic E-state index is 0. The van der Waals surface area contributed by atoms with Crippen LogP contribution in [0, 0.1) is 0 Å². The number of phenolic OH excluding ortho intramolecular Hbond substituents is 1. The molecule has 0 saturated heterocycles. The number of benzene rings is 6. The maximum absolute atomic E-state index is 13.6. The molecule has 4 aliphatic rings. The Balaban J connectivity index is 0.00000676. The van der Waals surface area contributed by atoms with Gasteiger partial charge in [-0.15, -0.1) is 0 Å². The predicted molar refractivity (Wildman–Crippen MR) is 265 cm³/mol. The van der Waals surface area contributed by atoms with E-state index in [2.05, 4.69) is 10.6 Å². The number of nitrogens with one attached hydrogen (secondary N) is 2. The fraction of sp³-hybridized carbons (Fsp3) is 0.130. The van der Waals surface area contributed by atoms with Gasteiger partial charge in [0.1, 0.15) is 48.3 Å². The maximum atomic E-state index is 13.6. The van der Waals surface area contributed by atoms with E-state index in [1.165, 1.54) is 66.7 Å². The number of fused-ring (bicyclic) bond motifs is 4. The van der Waals surface area contributed by atoms with E-state index in [4.69, 9.17) is 13.3 Å². The molecule has 17 heteroatoms. The number of hydrogen-bond donors (Lipinski definition) is 6. The second-order valence-electron chi connectivity index (χ2n) is 16.8. The molecule has 2 amide bonds. The highest BCUT2D eigenvalue weighted by Crippen LogP contribution is 2.45. The van der Waals surface area contributed by atoms with E-state index < -0.39 is 35.2 Å². The average Bonchev–Trinajstić information content (AvgIpc) is 3.82. The van der Waals surface area contributed by atoms with Crippen molar-refractivity contribution in [2.45, 2.75) is 20.5 Å². The zero-order chi connectivity index (χ0) is 49.7. The molecule has 2 aliphatic heterocycles. The van der Waals surface area contributed by atoms with Gasteiger partial charge in [0.15, 0.2) is 11.2 Å². The minimum Gasteiger partial charge on any atom is -0.507 e. The van der Waals surface area contributed by atoms with Crippen LogP contribution in [-0.2, 0) is 13.1 Å². The van der Waals surface area contributed by atoms with Crippen LogP contribution in [0.15, 0.2) is 133 Å². The van der Waals surface area contributed by atoms with Crippen molar-refractivity contribution < 1.29 is 57.7 Å². The van der Waals surface area contributed by atoms with Crippen LogP contribution in [0.25, 0.3) is 66.8 Å². The second kappa shape index (κ2) is 18.9. The van der Waals surface area contributed by atoms with Crippen LogP contribution in [0.3, 0.4) is 0 Å². The van der Waals surface area contributed by atoms with Gasteiger partial charge in [0.25, 0.3) is 11.8 Å². The van der Waals surface area contributed by atoms with Crippen LogP contribution in [0.1, 0.15) is 70.7 Å². The third kappa shape index (κ3) is 9.02. The Bertz CT molecular complexity index is 3740. The van der Waals surface area contributed by atoms with Crippen molar-refractivity contribution in [3.05, 3.63) is 170 Å². The van der Waals surface area contributed by atoms with E-state index in [0.29, 0.717) is 39.0 Å². The first kappa shape index (κ1) is 48.0. The number of rotatable bonds is 12. The highest BCUT2D eigenvalue weighted by Gasteiger charge is 2.27. The van der Waals surface area contributed by atoms with E-state index in [1.54, 1.807) is 6.07 Å². The van der Waals surface area contributed by atoms with Gasteiger partial charge in [0.05, 0.1) is 41.4 Å². The summed E-state index contributed by atoms with van der Waals surface area (Å²) >= 11 is 0. The van der Waals surface area contributed by atoms with Gasteiger partial charge in [-0.1, -0.05) is 19.6 Å². The normalized spacial score (nSPS) is 11.1. The molecule has 2 aliphatic carbocycles. The van der Waals surface area contributed by atoms with Crippen molar-refractivity contribution in [2.24, 2.45) is 0 Å². The molecule has 0 fully saturated rings. The number of amides is 2. The van der Waals surface area contributed by atoms with E-state index >= 15 is 0 Å². The summed E-state index contributed by atoms with van der Waals surface area (Å²) in [5, 5.41) is 48.5. The number of phenols is 1. The average molecular weight is 958 g/mol. The molecule has 6 N–H and O–H groups in total. The summed E-state index contributed by atoms with van der Waals surface area (Å²) in [6.07, 6.45) is 0. The van der Waals surface area contributed by atoms with Crippen LogP contribution in [0.5, 0.6) is 5.75 Å². The van der Waals surface area contributed by atoms with E-state index in [9.17, 15) is 49.2 Å². The van der Waals surface area contributed by atoms with Gasteiger partial charge in [-0.25, -0.2) is 19.0 Å². The fourth-order valence-corrected chi connectivity index (χ4v) is 8.43. The molecule has 5 aromatic rings. The number of aromatic hydroxyl groups is 1. The van der Waals surface area contributed by atoms with Gasteiger partial charge < -0.3 is 49.2 Å². The molecule has 3 heterocycles. The first-order chi connectivity index (χ1) is 33.5. The number of aromatic carboxylic acids is 3. The van der Waals surface area contributed by atoms with Crippen molar-refractivity contribution in [1.82, 2.24) is 15.2 Å². The second-order valence-corrected chi connectivity index (χ2v) is 16.8. The summed E-state index contributed by atoms with van der Waals surface area (Å²) < 4.78 is 20.2. The first-order valence-electron chi connectivity index (χ1n) is 21.5. The highest BCUT2D eigenvalue weighted by molar-refractivity contribution is 6.11. The van der Waals surface area contributed by atoms with Crippen molar-refractivity contribution in [2.75, 3.05) is 33.1 Å². The molecule has 9 rings (SSSR count). The molecular weight excluding hydrogens is 913 g/mol. The number of carbonyl (C=O) groups excluding carboxylic acids is 2. The molecule has 0 spiro atoms. The Morgan fingerprint density at radius 1 is 0.592 bits per heavy atom. The quantitative estimate of drug-likeness (QED) is 0.0500. The van der Waals surface area contributed by atoms with Gasteiger partial charge in [-0.3, -0.25) is 14.4 Å². The van der Waals surface area contributed by atoms with Crippen molar-refractivity contribution in [3.8, 4) is 50.7 Å². The van der Waals surface area contributed by atoms with Crippen molar-refractivity contribution in [3.63, 3.8) is 0 Å². The molecule has 0 radical (unpaired) electrons. The van der Waals surface area contributed by atoms with Gasteiger partial charge in [0, 0.05) is 76.6 Å². The molecule has 71 heavy (non-hydrogen) atoms. The summed E-state index contributed by atoms with van der Waals surface area (Å²) in [5.74, 6) is -5.03. The van der Waals surface area contributed by atoms with Gasteiger partial charge in [-0.05, 0) is 90.0 Å². The van der Waals surface area contributed by atoms with E-state index in [1.807, 2.05) is 74.1 Å². The van der Waals surface area contributed by atoms with Crippen LogP contribution < -0.4 is 30.9 Å². The van der Waals surface area contributed by atoms with Crippen LogP contribution in [-0.4, -0.2) is 78.3 Å². The molecule has 0 unspecified atom stereocenters. The Morgan fingerprint density at radius 3 is 1.86 bits per heavy atom. The van der Waals surface area contributed by atoms with E-state index in [0.717, 1.165) is 17.1 Å². The van der Waals surface area contributed by atoms with Gasteiger partial charge in [-0.2, -0.15) is 0 Å². The lowest BCUT2D eigenvalue weighted by Gasteiger charge is -2.19. The lowest BCUT2D eigenvalue weighted by Crippen LogP contribution is -2.23. The molecular formula is C54H45N4O13+. The van der Waals surface area contributed by atoms with Gasteiger partial charge >= 0.3 is 17.9 Å². The van der Waals surface area contributed by atoms with Crippen LogP contribution in [0.4, 0.5) is 5.69 Å². The van der Waals surface area contributed by atoms with Crippen molar-refractivity contribution in [1.29, 1.82) is 0 Å². The zero-order valence-electron chi connectivity index (χ0n) is 37.7. The summed E-state index contributed by atoms with van der Waals surface area (Å²) in [7, 11) is 7.63. The lowest BCUT2D eigenvalue weighted by molar-refractivity contribution is 0.0682. The number of carbonyl (C=O) groups is 5. The molecule has 0 saturated carbocycles. The molecule has 17 nitrogen and oxygen atoms in total. The number of carboxylic acid groups (broad SMARTS) is 3. The third-order valence-electron chi connectivity index (χ3n) is 11.9. The van der Waals surface area contributed by atoms with Crippen LogP contribution >= 0.6 is 0 Å². The Morgan fingerprint density at radius 2 is 1.20 bits per heavy atom. The number of anilines is 1. The smallest absolute Gasteiger partial charge is 0.336 e. The molecule has 1 aromatic heterocycles. The maximum Gasteiger partial charge on any atom is 0.336 e. The predicted octanol–water partition coefficient (Wildman–Crippen LogP) is 8.07. The topological polar surface area (TPSA) is 253 Å². The lowest BCUT2D eigenvalue weighted by atomic mass is 9.89. The van der Waals surface area contributed by atoms with Gasteiger partial charge in [0.2, 0.25) is 5.36 Å². The molecule has 0 atom stereocenters. The Labute approximate surface area is 403 Å². The zero-order valence-corrected chi connectivity index (χ0v) is 37.7. The number of hydrogen-bond acceptors (Lipinski definition) is 11. The fourth-order valence-electron chi connectivity index (χ4n) is 8.43. The summed E-state index contributed by atoms with van der Waals surface area (Å²) in [6, 6.07) is 29.0. The van der Waals surface area contributed by atoms with Crippen LogP contribution in [0.2, 0.25) is 0 Å². The highest BCUT2D eigenvalue weighted by atomic mass is 16.4. The first-order valence-corrected chi connectivity index (χ1v) is 21.5. The van der Waals surface area contributed by atoms with Crippen molar-refractivity contribution >= 4 is 57.3 Å². The molecule has 358 valence electrons.